The lowest BCUT2D eigenvalue weighted by molar-refractivity contribution is -0.274. The Balaban J connectivity index is 1.56. The Hall–Kier alpha value is -3.46. The number of aromatic nitrogens is 1. The molecule has 6 nitrogen and oxygen atoms in total. The van der Waals surface area contributed by atoms with Crippen LogP contribution < -0.4 is 15.0 Å². The molecule has 1 fully saturated rings. The number of rotatable bonds is 5. The van der Waals surface area contributed by atoms with E-state index in [-0.39, 0.29) is 11.7 Å². The monoisotopic (exact) mass is 445 g/mol. The van der Waals surface area contributed by atoms with Gasteiger partial charge in [0, 0.05) is 53.4 Å². The number of amides is 1. The number of hydrogen-bond acceptors (Lipinski definition) is 4. The Labute approximate surface area is 182 Å². The molecule has 0 aliphatic carbocycles. The number of alkyl halides is 3. The Morgan fingerprint density at radius 3 is 2.50 bits per heavy atom. The molecule has 0 radical (unpaired) electrons. The summed E-state index contributed by atoms with van der Waals surface area (Å²) < 4.78 is 40.8. The van der Waals surface area contributed by atoms with Gasteiger partial charge in [-0.2, -0.15) is 0 Å². The molecule has 2 aromatic carbocycles. The average molecular weight is 445 g/mol. The van der Waals surface area contributed by atoms with Crippen molar-refractivity contribution in [2.45, 2.75) is 19.4 Å². The minimum atomic E-state index is -4.77. The predicted molar refractivity (Wildman–Crippen MR) is 115 cm³/mol. The van der Waals surface area contributed by atoms with Crippen molar-refractivity contribution in [3.05, 3.63) is 66.4 Å². The summed E-state index contributed by atoms with van der Waals surface area (Å²) in [7, 11) is 0. The fourth-order valence-corrected chi connectivity index (χ4v) is 3.76. The number of aliphatic hydroxyl groups excluding tert-OH is 1. The molecule has 0 spiro atoms. The number of nitrogens with one attached hydrogen (secondary N) is 2. The van der Waals surface area contributed by atoms with Crippen LogP contribution in [-0.4, -0.2) is 41.6 Å². The summed E-state index contributed by atoms with van der Waals surface area (Å²) >= 11 is 0. The van der Waals surface area contributed by atoms with Crippen LogP contribution in [0, 0.1) is 5.92 Å². The zero-order valence-electron chi connectivity index (χ0n) is 17.2. The molecule has 168 valence electrons. The number of aliphatic hydroxyl groups is 1. The highest BCUT2D eigenvalue weighted by atomic mass is 19.4. The lowest BCUT2D eigenvalue weighted by atomic mass is 10.0. The van der Waals surface area contributed by atoms with Gasteiger partial charge in [0.1, 0.15) is 5.75 Å². The Kier molecular flexibility index (Phi) is 5.84. The van der Waals surface area contributed by atoms with Crippen LogP contribution in [0.25, 0.3) is 11.3 Å². The summed E-state index contributed by atoms with van der Waals surface area (Å²) in [6, 6.07) is 14.0. The predicted octanol–water partition coefficient (Wildman–Crippen LogP) is 4.65. The van der Waals surface area contributed by atoms with E-state index >= 15 is 0 Å². The van der Waals surface area contributed by atoms with Gasteiger partial charge in [-0.25, -0.2) is 0 Å². The first kappa shape index (κ1) is 21.8. The molecule has 1 aliphatic heterocycles. The lowest BCUT2D eigenvalue weighted by Crippen LogP contribution is -2.22. The van der Waals surface area contributed by atoms with Crippen molar-refractivity contribution in [3.8, 4) is 17.0 Å². The molecule has 3 N–H and O–H groups in total. The number of β-amino-alcohol motifs (C(OH)–C–C–N with tert-alkyl or cyclic N) is 1. The lowest BCUT2D eigenvalue weighted by Gasteiger charge is -2.22. The second-order valence-corrected chi connectivity index (χ2v) is 7.79. The molecule has 3 aromatic rings. The second kappa shape index (κ2) is 8.58. The summed E-state index contributed by atoms with van der Waals surface area (Å²) in [5.41, 5.74) is 3.28. The summed E-state index contributed by atoms with van der Waals surface area (Å²) in [4.78, 5) is 18.0. The minimum Gasteiger partial charge on any atom is -0.406 e. The van der Waals surface area contributed by atoms with Gasteiger partial charge in [0.15, 0.2) is 0 Å². The zero-order chi connectivity index (χ0) is 22.9. The van der Waals surface area contributed by atoms with E-state index in [9.17, 15) is 23.1 Å². The van der Waals surface area contributed by atoms with E-state index in [1.165, 1.54) is 12.1 Å². The van der Waals surface area contributed by atoms with E-state index in [1.54, 1.807) is 18.3 Å². The fraction of sp³-hybridized carbons (Fsp3) is 0.261. The third kappa shape index (κ3) is 4.88. The first-order valence-corrected chi connectivity index (χ1v) is 10.1. The minimum absolute atomic E-state index is 0.138. The van der Waals surface area contributed by atoms with Gasteiger partial charge in [-0.3, -0.25) is 4.79 Å². The number of H-pyrrole nitrogens is 1. The summed E-state index contributed by atoms with van der Waals surface area (Å²) in [6.07, 6.45) is -3.40. The van der Waals surface area contributed by atoms with E-state index in [0.717, 1.165) is 29.1 Å². The average Bonchev–Trinajstić information content (AvgIpc) is 3.38. The molecule has 4 rings (SSSR count). The number of benzene rings is 2. The van der Waals surface area contributed by atoms with Gasteiger partial charge in [0.2, 0.25) is 0 Å². The van der Waals surface area contributed by atoms with Gasteiger partial charge < -0.3 is 25.0 Å². The van der Waals surface area contributed by atoms with Crippen LogP contribution in [0.4, 0.5) is 24.5 Å². The zero-order valence-corrected chi connectivity index (χ0v) is 17.2. The number of nitrogens with zero attached hydrogens (tertiary/aromatic N) is 1. The topological polar surface area (TPSA) is 77.6 Å². The third-order valence-electron chi connectivity index (χ3n) is 5.41. The Morgan fingerprint density at radius 2 is 1.91 bits per heavy atom. The van der Waals surface area contributed by atoms with Gasteiger partial charge in [0.05, 0.1) is 6.10 Å². The smallest absolute Gasteiger partial charge is 0.406 e. The highest BCUT2D eigenvalue weighted by Crippen LogP contribution is 2.34. The largest absolute Gasteiger partial charge is 0.573 e. The van der Waals surface area contributed by atoms with E-state index in [2.05, 4.69) is 19.9 Å². The van der Waals surface area contributed by atoms with E-state index in [4.69, 9.17) is 0 Å². The molecule has 9 heteroatoms. The van der Waals surface area contributed by atoms with Gasteiger partial charge in [-0.05, 0) is 54.6 Å². The molecule has 2 heterocycles. The van der Waals surface area contributed by atoms with Crippen molar-refractivity contribution >= 4 is 17.3 Å². The van der Waals surface area contributed by atoms with Crippen molar-refractivity contribution in [1.82, 2.24) is 4.98 Å². The molecule has 1 aliphatic rings. The number of ether oxygens (including phenoxy) is 1. The molecule has 32 heavy (non-hydrogen) atoms. The van der Waals surface area contributed by atoms with Gasteiger partial charge in [-0.15, -0.1) is 13.2 Å². The number of anilines is 2. The van der Waals surface area contributed by atoms with Crippen LogP contribution in [0.3, 0.4) is 0 Å². The standard InChI is InChI=1S/C23H22F3N3O3/c1-14-12-29(13-21(14)30)20-9-4-15(11-18(20)19-3-2-10-27-19)22(31)28-16-5-7-17(8-6-16)32-23(24,25)26/h2-11,14,21,27,30H,12-13H2,1H3,(H,28,31)/t14-,21-/m0/s1. The maximum atomic E-state index is 12.8. The molecule has 0 unspecified atom stereocenters. The number of halogens is 3. The van der Waals surface area contributed by atoms with Crippen LogP contribution in [0.1, 0.15) is 17.3 Å². The molecular weight excluding hydrogens is 423 g/mol. The molecule has 1 amide bonds. The van der Waals surface area contributed by atoms with Crippen molar-refractivity contribution < 1.29 is 27.8 Å². The summed E-state index contributed by atoms with van der Waals surface area (Å²) in [5, 5.41) is 12.8. The highest BCUT2D eigenvalue weighted by Gasteiger charge is 2.31. The fourth-order valence-electron chi connectivity index (χ4n) is 3.76. The summed E-state index contributed by atoms with van der Waals surface area (Å²) in [5.74, 6) is -0.627. The highest BCUT2D eigenvalue weighted by molar-refractivity contribution is 6.05. The van der Waals surface area contributed by atoms with Gasteiger partial charge >= 0.3 is 6.36 Å². The Morgan fingerprint density at radius 1 is 1.16 bits per heavy atom. The van der Waals surface area contributed by atoms with Crippen LogP contribution in [0.2, 0.25) is 0 Å². The molecule has 0 saturated carbocycles. The molecular formula is C23H22F3N3O3. The van der Waals surface area contributed by atoms with Gasteiger partial charge in [-0.1, -0.05) is 6.92 Å². The summed E-state index contributed by atoms with van der Waals surface area (Å²) in [6.45, 7) is 3.20. The number of hydrogen-bond donors (Lipinski definition) is 3. The van der Waals surface area contributed by atoms with Crippen LogP contribution >= 0.6 is 0 Å². The van der Waals surface area contributed by atoms with Crippen molar-refractivity contribution in [3.63, 3.8) is 0 Å². The number of carbonyl (C=O) groups excluding carboxylic acids is 1. The van der Waals surface area contributed by atoms with Crippen LogP contribution in [0.15, 0.2) is 60.8 Å². The van der Waals surface area contributed by atoms with Gasteiger partial charge in [0.25, 0.3) is 5.91 Å². The molecule has 0 bridgehead atoms. The normalized spacial score (nSPS) is 18.6. The maximum absolute atomic E-state index is 12.8. The first-order valence-electron chi connectivity index (χ1n) is 10.1. The first-order chi connectivity index (χ1) is 15.2. The second-order valence-electron chi connectivity index (χ2n) is 7.79. The van der Waals surface area contributed by atoms with E-state index in [1.807, 2.05) is 25.1 Å². The van der Waals surface area contributed by atoms with Crippen molar-refractivity contribution in [2.24, 2.45) is 5.92 Å². The van der Waals surface area contributed by atoms with Crippen LogP contribution in [-0.2, 0) is 0 Å². The molecule has 2 atom stereocenters. The van der Waals surface area contributed by atoms with Crippen molar-refractivity contribution in [2.75, 3.05) is 23.3 Å². The third-order valence-corrected chi connectivity index (χ3v) is 5.41. The quantitative estimate of drug-likeness (QED) is 0.534. The maximum Gasteiger partial charge on any atom is 0.573 e. The SMILES string of the molecule is C[C@H]1CN(c2ccc(C(=O)Nc3ccc(OC(F)(F)F)cc3)cc2-c2ccc[nH]2)C[C@@H]1O. The van der Waals surface area contributed by atoms with Crippen molar-refractivity contribution in [1.29, 1.82) is 0 Å². The Bertz CT molecular complexity index is 1070. The molecule has 1 saturated heterocycles. The molecule has 1 aromatic heterocycles. The van der Waals surface area contributed by atoms with E-state index in [0.29, 0.717) is 24.3 Å². The number of carbonyl (C=O) groups is 1. The van der Waals surface area contributed by atoms with Crippen LogP contribution in [0.5, 0.6) is 5.75 Å². The van der Waals surface area contributed by atoms with E-state index < -0.39 is 18.4 Å². The number of aromatic amines is 1.